The maximum absolute atomic E-state index is 10.9. The molecular formula is C29H54O15. The van der Waals surface area contributed by atoms with E-state index in [0.717, 1.165) is 6.08 Å². The molecule has 0 saturated heterocycles. The van der Waals surface area contributed by atoms with Gasteiger partial charge in [-0.25, -0.2) is 4.79 Å². The zero-order valence-corrected chi connectivity index (χ0v) is 26.4. The molecule has 0 aromatic heterocycles. The van der Waals surface area contributed by atoms with Gasteiger partial charge in [0.05, 0.1) is 159 Å². The number of carbonyl (C=O) groups excluding carboxylic acids is 2. The average molecular weight is 643 g/mol. The molecule has 0 amide bonds. The molecule has 0 atom stereocenters. The van der Waals surface area contributed by atoms with Crippen molar-refractivity contribution in [3.63, 3.8) is 0 Å². The molecule has 0 aliphatic rings. The maximum Gasteiger partial charge on any atom is 0.330 e. The van der Waals surface area contributed by atoms with Crippen LogP contribution < -0.4 is 0 Å². The topological polar surface area (TPSA) is 154 Å². The summed E-state index contributed by atoms with van der Waals surface area (Å²) in [6.07, 6.45) is 1.35. The van der Waals surface area contributed by atoms with Crippen molar-refractivity contribution in [2.24, 2.45) is 0 Å². The lowest BCUT2D eigenvalue weighted by molar-refractivity contribution is -0.142. The molecule has 0 rings (SSSR count). The van der Waals surface area contributed by atoms with Crippen molar-refractivity contribution >= 4 is 11.9 Å². The highest BCUT2D eigenvalue weighted by molar-refractivity contribution is 5.81. The predicted molar refractivity (Wildman–Crippen MR) is 157 cm³/mol. The van der Waals surface area contributed by atoms with Gasteiger partial charge in [-0.15, -0.1) is 0 Å². The summed E-state index contributed by atoms with van der Waals surface area (Å²) in [7, 11) is 1.35. The number of hydrogen-bond acceptors (Lipinski definition) is 15. The highest BCUT2D eigenvalue weighted by Crippen LogP contribution is 1.89. The normalized spacial score (nSPS) is 11.1. The van der Waals surface area contributed by atoms with Gasteiger partial charge in [-0.05, 0) is 0 Å². The Balaban J connectivity index is 3.06. The van der Waals surface area contributed by atoms with Crippen LogP contribution in [0.25, 0.3) is 0 Å². The third-order valence-electron chi connectivity index (χ3n) is 5.04. The summed E-state index contributed by atoms with van der Waals surface area (Å²) in [6, 6.07) is 0. The van der Waals surface area contributed by atoms with Gasteiger partial charge in [-0.1, -0.05) is 6.58 Å². The van der Waals surface area contributed by atoms with Gasteiger partial charge in [0.25, 0.3) is 0 Å². The van der Waals surface area contributed by atoms with Crippen LogP contribution in [0.2, 0.25) is 0 Å². The van der Waals surface area contributed by atoms with Gasteiger partial charge in [0.1, 0.15) is 6.61 Å². The van der Waals surface area contributed by atoms with Gasteiger partial charge in [0, 0.05) is 6.08 Å². The zero-order chi connectivity index (χ0) is 32.0. The first-order chi connectivity index (χ1) is 21.7. The maximum atomic E-state index is 10.9. The van der Waals surface area contributed by atoms with Gasteiger partial charge < -0.3 is 61.6 Å². The smallest absolute Gasteiger partial charge is 0.330 e. The Bertz CT molecular complexity index is 624. The Morgan fingerprint density at radius 1 is 0.409 bits per heavy atom. The molecule has 0 aliphatic carbocycles. The van der Waals surface area contributed by atoms with Crippen LogP contribution in [0.4, 0.5) is 0 Å². The lowest BCUT2D eigenvalue weighted by Crippen LogP contribution is -2.15. The number of hydrogen-bond donors (Lipinski definition) is 0. The lowest BCUT2D eigenvalue weighted by Gasteiger charge is -2.09. The van der Waals surface area contributed by atoms with Crippen molar-refractivity contribution in [3.8, 4) is 0 Å². The molecule has 0 bridgehead atoms. The fourth-order valence-electron chi connectivity index (χ4n) is 2.82. The summed E-state index contributed by atoms with van der Waals surface area (Å²) in [5.74, 6) is -0.752. The third-order valence-corrected chi connectivity index (χ3v) is 5.04. The van der Waals surface area contributed by atoms with Crippen LogP contribution in [0, 0.1) is 0 Å². The Morgan fingerprint density at radius 3 is 0.864 bits per heavy atom. The minimum atomic E-state index is -0.463. The molecule has 15 heteroatoms. The first-order valence-corrected chi connectivity index (χ1v) is 14.9. The quantitative estimate of drug-likeness (QED) is 0.0523. The summed E-state index contributed by atoms with van der Waals surface area (Å²) >= 11 is 0. The Hall–Kier alpha value is -1.76. The number of rotatable bonds is 37. The van der Waals surface area contributed by atoms with Gasteiger partial charge in [-0.2, -0.15) is 0 Å². The van der Waals surface area contributed by atoms with E-state index in [1.807, 2.05) is 0 Å². The van der Waals surface area contributed by atoms with Crippen LogP contribution in [0.1, 0.15) is 6.42 Å². The molecule has 0 aromatic rings. The summed E-state index contributed by atoms with van der Waals surface area (Å²) in [5.41, 5.74) is 0. The number of esters is 2. The molecule has 44 heavy (non-hydrogen) atoms. The van der Waals surface area contributed by atoms with Crippen molar-refractivity contribution in [2.75, 3.05) is 159 Å². The molecule has 0 radical (unpaired) electrons. The van der Waals surface area contributed by atoms with Crippen LogP contribution in [0.15, 0.2) is 12.7 Å². The second-order valence-electron chi connectivity index (χ2n) is 8.43. The molecule has 0 aliphatic heterocycles. The number of ether oxygens (including phenoxy) is 13. The molecule has 0 aromatic carbocycles. The third kappa shape index (κ3) is 36.4. The lowest BCUT2D eigenvalue weighted by atomic mass is 10.5. The van der Waals surface area contributed by atoms with Gasteiger partial charge in [0.2, 0.25) is 0 Å². The van der Waals surface area contributed by atoms with Gasteiger partial charge >= 0.3 is 11.9 Å². The first-order valence-electron chi connectivity index (χ1n) is 14.9. The standard InChI is InChI=1S/C29H54O15/c1-3-28(30)44-27-26-43-25-24-42-23-22-41-21-20-40-19-18-39-17-16-38-15-14-37-13-12-36-11-10-35-9-8-34-7-6-33-5-4-29(31)32-2/h3H,1,4-27H2,2H3. The highest BCUT2D eigenvalue weighted by Gasteiger charge is 2.00. The second kappa shape index (κ2) is 37.4. The molecule has 0 saturated carbocycles. The largest absolute Gasteiger partial charge is 0.469 e. The minimum absolute atomic E-state index is 0.194. The van der Waals surface area contributed by atoms with E-state index in [4.69, 9.17) is 56.8 Å². The van der Waals surface area contributed by atoms with Crippen LogP contribution in [-0.4, -0.2) is 171 Å². The zero-order valence-electron chi connectivity index (χ0n) is 26.4. The molecule has 0 spiro atoms. The van der Waals surface area contributed by atoms with E-state index in [1.54, 1.807) is 0 Å². The summed E-state index contributed by atoms with van der Waals surface area (Å²) < 4.78 is 68.6. The summed E-state index contributed by atoms with van der Waals surface area (Å²) in [5, 5.41) is 0. The molecule has 0 fully saturated rings. The van der Waals surface area contributed by atoms with Crippen LogP contribution >= 0.6 is 0 Å². The van der Waals surface area contributed by atoms with E-state index < -0.39 is 5.97 Å². The van der Waals surface area contributed by atoms with Crippen molar-refractivity contribution in [2.45, 2.75) is 6.42 Å². The van der Waals surface area contributed by atoms with Crippen LogP contribution in [0.3, 0.4) is 0 Å². The van der Waals surface area contributed by atoms with Crippen molar-refractivity contribution in [3.05, 3.63) is 12.7 Å². The van der Waals surface area contributed by atoms with E-state index in [9.17, 15) is 9.59 Å². The van der Waals surface area contributed by atoms with E-state index in [-0.39, 0.29) is 19.0 Å². The van der Waals surface area contributed by atoms with Gasteiger partial charge in [0.15, 0.2) is 0 Å². The van der Waals surface area contributed by atoms with E-state index in [1.165, 1.54) is 7.11 Å². The van der Waals surface area contributed by atoms with Crippen LogP contribution in [0.5, 0.6) is 0 Å². The van der Waals surface area contributed by atoms with Gasteiger partial charge in [-0.3, -0.25) is 4.79 Å². The van der Waals surface area contributed by atoms with E-state index in [0.29, 0.717) is 145 Å². The molecule has 260 valence electrons. The number of methoxy groups -OCH3 is 1. The number of carbonyl (C=O) groups is 2. The van der Waals surface area contributed by atoms with E-state index in [2.05, 4.69) is 11.3 Å². The SMILES string of the molecule is C=CC(=O)OCCOCCOCCOCCOCCOCCOCCOCCOCCOCCOCCOCCC(=O)OC. The Morgan fingerprint density at radius 2 is 0.636 bits per heavy atom. The monoisotopic (exact) mass is 642 g/mol. The molecule has 0 N–H and O–H groups in total. The van der Waals surface area contributed by atoms with E-state index >= 15 is 0 Å². The minimum Gasteiger partial charge on any atom is -0.469 e. The van der Waals surface area contributed by atoms with Crippen molar-refractivity contribution < 1.29 is 71.2 Å². The van der Waals surface area contributed by atoms with Crippen molar-refractivity contribution in [1.82, 2.24) is 0 Å². The summed E-state index contributed by atoms with van der Waals surface area (Å²) in [6.45, 7) is 13.6. The molecule has 15 nitrogen and oxygen atoms in total. The van der Waals surface area contributed by atoms with Crippen molar-refractivity contribution in [1.29, 1.82) is 0 Å². The fourth-order valence-corrected chi connectivity index (χ4v) is 2.82. The second-order valence-corrected chi connectivity index (χ2v) is 8.43. The highest BCUT2D eigenvalue weighted by atomic mass is 16.6. The Kier molecular flexibility index (Phi) is 35.9. The first kappa shape index (κ1) is 42.2. The predicted octanol–water partition coefficient (Wildman–Crippen LogP) is 0.461. The molecular weight excluding hydrogens is 588 g/mol. The fraction of sp³-hybridized carbons (Fsp3) is 0.862. The Labute approximate surface area is 261 Å². The summed E-state index contributed by atoms with van der Waals surface area (Å²) in [4.78, 5) is 21.7. The average Bonchev–Trinajstić information content (AvgIpc) is 3.04. The molecule has 0 unspecified atom stereocenters. The molecule has 0 heterocycles. The van der Waals surface area contributed by atoms with Crippen LogP contribution in [-0.2, 0) is 71.2 Å².